The van der Waals surface area contributed by atoms with E-state index in [4.69, 9.17) is 21.4 Å². The van der Waals surface area contributed by atoms with Crippen molar-refractivity contribution in [3.8, 4) is 22.1 Å². The summed E-state index contributed by atoms with van der Waals surface area (Å²) in [7, 11) is 1.70. The highest BCUT2D eigenvalue weighted by Gasteiger charge is 2.68. The van der Waals surface area contributed by atoms with Gasteiger partial charge in [0, 0.05) is 41.7 Å². The van der Waals surface area contributed by atoms with Crippen LogP contribution in [0.4, 0.5) is 5.82 Å². The fourth-order valence-corrected chi connectivity index (χ4v) is 10.8. The van der Waals surface area contributed by atoms with Gasteiger partial charge in [-0.2, -0.15) is 5.10 Å². The number of carbonyl (C=O) groups excluding carboxylic acids is 4. The Balaban J connectivity index is 1.22. The van der Waals surface area contributed by atoms with Crippen molar-refractivity contribution in [2.24, 2.45) is 36.1 Å². The molecule has 2 aromatic carbocycles. The summed E-state index contributed by atoms with van der Waals surface area (Å²) in [5, 5.41) is 26.2. The molecule has 6 unspecified atom stereocenters. The molecule has 0 radical (unpaired) electrons. The molecule has 4 heterocycles. The highest BCUT2D eigenvalue weighted by Crippen LogP contribution is 2.64. The number of aliphatic carboxylic acids is 1. The molecule has 280 valence electrons. The summed E-state index contributed by atoms with van der Waals surface area (Å²) in [6.45, 7) is 5.87. The minimum atomic E-state index is -1.31. The lowest BCUT2D eigenvalue weighted by Gasteiger charge is -2.49. The molecule has 14 heteroatoms. The first-order chi connectivity index (χ1) is 25.8. The number of carboxylic acid groups (broad SMARTS) is 1. The second-order valence-electron chi connectivity index (χ2n) is 14.9. The highest BCUT2D eigenvalue weighted by atomic mass is 35.5. The summed E-state index contributed by atoms with van der Waals surface area (Å²) in [5.74, 6) is -5.59. The normalized spacial score (nSPS) is 26.3. The fraction of sp³-hybridized carbons (Fsp3) is 0.400. The number of halogens is 1. The lowest BCUT2D eigenvalue weighted by Crippen LogP contribution is -2.49. The molecule has 4 amide bonds. The Morgan fingerprint density at radius 3 is 2.59 bits per heavy atom. The van der Waals surface area contributed by atoms with Gasteiger partial charge in [0.1, 0.15) is 11.5 Å². The quantitative estimate of drug-likeness (QED) is 0.144. The van der Waals surface area contributed by atoms with Gasteiger partial charge in [-0.05, 0) is 92.8 Å². The lowest BCUT2D eigenvalue weighted by atomic mass is 9.51. The minimum absolute atomic E-state index is 0.000394. The zero-order valence-electron chi connectivity index (χ0n) is 30.2. The van der Waals surface area contributed by atoms with Crippen LogP contribution in [-0.4, -0.2) is 67.6 Å². The standard InChI is InChI=1S/C40H39ClN4O8S/c1-5-53-29-15-20(8-12-28(29)46)34-22-10-11-23-33(38(51)44(36(23)49)14-6-7-32(47)48)25(22)17-26-37(50)45(39(52)40(26,34)3)31-18-27(42-43(31)4)35-19(2)24-16-21(41)9-13-30(24)54-35/h8-10,12-13,15-16,18,23,25-26,33-34,46H,5-7,11,14,17H2,1-4H3,(H,47,48). The van der Waals surface area contributed by atoms with E-state index in [2.05, 4.69) is 0 Å². The second-order valence-corrected chi connectivity index (χ2v) is 16.3. The number of nitrogens with zero attached hydrogens (tertiary/aromatic N) is 4. The topological polar surface area (TPSA) is 159 Å². The summed E-state index contributed by atoms with van der Waals surface area (Å²) in [6, 6.07) is 12.4. The number of aryl methyl sites for hydroxylation is 2. The van der Waals surface area contributed by atoms with Crippen molar-refractivity contribution in [1.29, 1.82) is 0 Å². The zero-order chi connectivity index (χ0) is 38.4. The molecule has 2 N–H and O–H groups in total. The van der Waals surface area contributed by atoms with Crippen LogP contribution >= 0.6 is 22.9 Å². The van der Waals surface area contributed by atoms with Crippen LogP contribution < -0.4 is 9.64 Å². The third kappa shape index (κ3) is 5.30. The van der Waals surface area contributed by atoms with E-state index in [0.717, 1.165) is 26.1 Å². The Morgan fingerprint density at radius 1 is 1.07 bits per heavy atom. The molecule has 2 aliphatic heterocycles. The van der Waals surface area contributed by atoms with Crippen LogP contribution in [0.25, 0.3) is 20.7 Å². The van der Waals surface area contributed by atoms with Crippen LogP contribution in [0.2, 0.25) is 5.02 Å². The number of likely N-dealkylation sites (tertiary alicyclic amines) is 1. The summed E-state index contributed by atoms with van der Waals surface area (Å²) in [6.07, 6.45) is 2.35. The third-order valence-electron chi connectivity index (χ3n) is 12.0. The molecule has 2 aromatic heterocycles. The summed E-state index contributed by atoms with van der Waals surface area (Å²) >= 11 is 7.85. The maximum absolute atomic E-state index is 15.1. The lowest BCUT2D eigenvalue weighted by molar-refractivity contribution is -0.142. The van der Waals surface area contributed by atoms with E-state index >= 15 is 4.79 Å². The highest BCUT2D eigenvalue weighted by molar-refractivity contribution is 7.22. The molecule has 2 saturated heterocycles. The number of allylic oxidation sites excluding steroid dienone is 2. The molecule has 4 aromatic rings. The van der Waals surface area contributed by atoms with Gasteiger partial charge in [0.25, 0.3) is 0 Å². The molecular formula is C40H39ClN4O8S. The number of hydrogen-bond donors (Lipinski definition) is 2. The SMILES string of the molecule is CCOc1cc(C2C3=CCC4C(=O)N(CCCC(=O)O)C(=O)C4C3CC3C(=O)N(c4cc(-c5sc6ccc(Cl)cc6c5C)nn4C)C(=O)C32C)ccc1O. The average molecular weight is 771 g/mol. The van der Waals surface area contributed by atoms with Gasteiger partial charge in [0.2, 0.25) is 23.6 Å². The number of imide groups is 2. The number of ether oxygens (including phenoxy) is 1. The number of aromatic hydroxyl groups is 1. The van der Waals surface area contributed by atoms with Crippen molar-refractivity contribution < 1.29 is 38.9 Å². The van der Waals surface area contributed by atoms with Gasteiger partial charge in [0.15, 0.2) is 11.5 Å². The van der Waals surface area contributed by atoms with Gasteiger partial charge in [-0.3, -0.25) is 33.6 Å². The molecule has 4 aliphatic rings. The maximum Gasteiger partial charge on any atom is 0.303 e. The average Bonchev–Trinajstić information content (AvgIpc) is 3.80. The van der Waals surface area contributed by atoms with E-state index in [1.54, 1.807) is 55.1 Å². The number of fused-ring (bicyclic) bond motifs is 5. The Bertz CT molecular complexity index is 2330. The Kier molecular flexibility index (Phi) is 8.72. The maximum atomic E-state index is 15.1. The summed E-state index contributed by atoms with van der Waals surface area (Å²) < 4.78 is 8.33. The number of anilines is 1. The number of carbonyl (C=O) groups is 5. The van der Waals surface area contributed by atoms with E-state index in [1.807, 2.05) is 31.2 Å². The molecule has 3 fully saturated rings. The first kappa shape index (κ1) is 36.0. The number of aromatic nitrogens is 2. The van der Waals surface area contributed by atoms with Crippen molar-refractivity contribution >= 4 is 68.4 Å². The molecule has 6 atom stereocenters. The molecule has 0 spiro atoms. The van der Waals surface area contributed by atoms with Crippen molar-refractivity contribution in [2.45, 2.75) is 52.4 Å². The number of rotatable bonds is 9. The predicted octanol–water partition coefficient (Wildman–Crippen LogP) is 6.46. The number of amides is 4. The summed E-state index contributed by atoms with van der Waals surface area (Å²) in [4.78, 5) is 72.2. The molecule has 54 heavy (non-hydrogen) atoms. The minimum Gasteiger partial charge on any atom is -0.504 e. The van der Waals surface area contributed by atoms with Crippen LogP contribution in [0.3, 0.4) is 0 Å². The van der Waals surface area contributed by atoms with Crippen LogP contribution in [-0.2, 0) is 31.0 Å². The third-order valence-corrected chi connectivity index (χ3v) is 13.5. The monoisotopic (exact) mass is 770 g/mol. The van der Waals surface area contributed by atoms with Crippen molar-refractivity contribution in [3.63, 3.8) is 0 Å². The zero-order valence-corrected chi connectivity index (χ0v) is 31.7. The van der Waals surface area contributed by atoms with Gasteiger partial charge in [-0.15, -0.1) is 11.3 Å². The molecule has 2 aliphatic carbocycles. The molecule has 1 saturated carbocycles. The van der Waals surface area contributed by atoms with Crippen molar-refractivity contribution in [1.82, 2.24) is 14.7 Å². The Hall–Kier alpha value is -5.01. The number of hydrogen-bond acceptors (Lipinski definition) is 9. The van der Waals surface area contributed by atoms with Gasteiger partial charge in [-0.25, -0.2) is 4.90 Å². The number of phenols is 1. The molecule has 8 rings (SSSR count). The number of carboxylic acids is 1. The van der Waals surface area contributed by atoms with Gasteiger partial charge < -0.3 is 14.9 Å². The van der Waals surface area contributed by atoms with Crippen LogP contribution in [0.5, 0.6) is 11.5 Å². The van der Waals surface area contributed by atoms with Crippen LogP contribution in [0.1, 0.15) is 56.6 Å². The Morgan fingerprint density at radius 2 is 1.85 bits per heavy atom. The fourth-order valence-electron chi connectivity index (χ4n) is 9.48. The van der Waals surface area contributed by atoms with Crippen molar-refractivity contribution in [3.05, 3.63) is 70.3 Å². The smallest absolute Gasteiger partial charge is 0.303 e. The van der Waals surface area contributed by atoms with E-state index in [1.165, 1.54) is 15.9 Å². The second kappa shape index (κ2) is 13.1. The van der Waals surface area contributed by atoms with Crippen LogP contribution in [0.15, 0.2) is 54.1 Å². The van der Waals surface area contributed by atoms with E-state index in [9.17, 15) is 29.4 Å². The van der Waals surface area contributed by atoms with E-state index in [-0.39, 0.29) is 62.1 Å². The number of benzene rings is 2. The van der Waals surface area contributed by atoms with Crippen LogP contribution in [0, 0.1) is 36.0 Å². The largest absolute Gasteiger partial charge is 0.504 e. The molecule has 0 bridgehead atoms. The first-order valence-electron chi connectivity index (χ1n) is 18.1. The van der Waals surface area contributed by atoms with E-state index < -0.39 is 52.8 Å². The summed E-state index contributed by atoms with van der Waals surface area (Å²) in [5.41, 5.74) is 1.72. The first-order valence-corrected chi connectivity index (χ1v) is 19.3. The van der Waals surface area contributed by atoms with Gasteiger partial charge >= 0.3 is 5.97 Å². The van der Waals surface area contributed by atoms with Crippen molar-refractivity contribution in [2.75, 3.05) is 18.1 Å². The van der Waals surface area contributed by atoms with Gasteiger partial charge in [-0.1, -0.05) is 29.3 Å². The molecule has 12 nitrogen and oxygen atoms in total. The number of thiophene rings is 1. The molecular weight excluding hydrogens is 732 g/mol. The Labute approximate surface area is 319 Å². The number of phenolic OH excluding ortho intramolecular Hbond substituents is 1. The van der Waals surface area contributed by atoms with Gasteiger partial charge in [0.05, 0.1) is 34.7 Å². The predicted molar refractivity (Wildman–Crippen MR) is 201 cm³/mol. The van der Waals surface area contributed by atoms with E-state index in [0.29, 0.717) is 22.1 Å².